The minimum Gasteiger partial charge on any atom is -0.379 e. The van der Waals surface area contributed by atoms with Gasteiger partial charge in [0, 0.05) is 31.2 Å². The van der Waals surface area contributed by atoms with Gasteiger partial charge in [-0.1, -0.05) is 13.8 Å². The molecule has 0 bridgehead atoms. The van der Waals surface area contributed by atoms with E-state index in [0.717, 1.165) is 30.9 Å². The van der Waals surface area contributed by atoms with Gasteiger partial charge in [0.1, 0.15) is 5.03 Å². The Labute approximate surface area is 142 Å². The molecule has 23 heavy (non-hydrogen) atoms. The van der Waals surface area contributed by atoms with Crippen molar-refractivity contribution in [3.8, 4) is 0 Å². The summed E-state index contributed by atoms with van der Waals surface area (Å²) in [6.07, 6.45) is 5.00. The molecule has 2 heterocycles. The standard InChI is InChI=1S/C17H26N2O3S/c1-13(2)23-17-15(7-3-8-19-17)16(20)18-9-5-10-21-12-14-6-4-11-22-14/h3,7-8,13-14H,4-6,9-12H2,1-2H3,(H,18,20)/t14-/m1/s1. The quantitative estimate of drug-likeness (QED) is 0.554. The number of thioether (sulfide) groups is 1. The van der Waals surface area contributed by atoms with Crippen molar-refractivity contribution in [2.45, 2.75) is 49.5 Å². The van der Waals surface area contributed by atoms with E-state index in [1.54, 1.807) is 24.0 Å². The smallest absolute Gasteiger partial charge is 0.254 e. The third-order valence-corrected chi connectivity index (χ3v) is 4.46. The molecule has 0 aromatic carbocycles. The van der Waals surface area contributed by atoms with E-state index in [-0.39, 0.29) is 12.0 Å². The Hall–Kier alpha value is -1.11. The molecule has 1 aromatic rings. The van der Waals surface area contributed by atoms with Gasteiger partial charge in [-0.15, -0.1) is 11.8 Å². The third kappa shape index (κ3) is 6.49. The molecule has 0 saturated carbocycles. The first-order valence-corrected chi connectivity index (χ1v) is 9.14. The minimum absolute atomic E-state index is 0.0691. The molecule has 128 valence electrons. The first kappa shape index (κ1) is 18.2. The van der Waals surface area contributed by atoms with Crippen LogP contribution in [0.25, 0.3) is 0 Å². The Morgan fingerprint density at radius 3 is 3.17 bits per heavy atom. The monoisotopic (exact) mass is 338 g/mol. The van der Waals surface area contributed by atoms with E-state index in [1.165, 1.54) is 0 Å². The zero-order valence-electron chi connectivity index (χ0n) is 13.9. The zero-order valence-corrected chi connectivity index (χ0v) is 14.7. The average Bonchev–Trinajstić information content (AvgIpc) is 3.04. The van der Waals surface area contributed by atoms with Crippen LogP contribution < -0.4 is 5.32 Å². The van der Waals surface area contributed by atoms with Gasteiger partial charge in [-0.25, -0.2) is 4.98 Å². The third-order valence-electron chi connectivity index (χ3n) is 3.44. The Balaban J connectivity index is 1.66. The van der Waals surface area contributed by atoms with Crippen LogP contribution in [-0.2, 0) is 9.47 Å². The van der Waals surface area contributed by atoms with Crippen LogP contribution in [0.3, 0.4) is 0 Å². The van der Waals surface area contributed by atoms with E-state index < -0.39 is 0 Å². The second-order valence-electron chi connectivity index (χ2n) is 5.84. The molecule has 0 unspecified atom stereocenters. The van der Waals surface area contributed by atoms with Crippen molar-refractivity contribution in [2.75, 3.05) is 26.4 Å². The van der Waals surface area contributed by atoms with Crippen LogP contribution in [-0.4, -0.2) is 48.6 Å². The lowest BCUT2D eigenvalue weighted by atomic mass is 10.2. The summed E-state index contributed by atoms with van der Waals surface area (Å²) in [4.78, 5) is 16.6. The lowest BCUT2D eigenvalue weighted by Gasteiger charge is -2.11. The predicted molar refractivity (Wildman–Crippen MR) is 92.0 cm³/mol. The van der Waals surface area contributed by atoms with E-state index in [1.807, 2.05) is 6.07 Å². The Bertz CT molecular complexity index is 490. The number of carbonyl (C=O) groups excluding carboxylic acids is 1. The van der Waals surface area contributed by atoms with E-state index in [9.17, 15) is 4.79 Å². The number of carbonyl (C=O) groups is 1. The molecule has 1 aliphatic rings. The van der Waals surface area contributed by atoms with Gasteiger partial charge in [0.25, 0.3) is 5.91 Å². The fourth-order valence-corrected chi connectivity index (χ4v) is 3.20. The molecular formula is C17H26N2O3S. The molecule has 1 fully saturated rings. The number of pyridine rings is 1. The molecule has 0 aliphatic carbocycles. The van der Waals surface area contributed by atoms with Crippen LogP contribution >= 0.6 is 11.8 Å². The highest BCUT2D eigenvalue weighted by Crippen LogP contribution is 2.24. The van der Waals surface area contributed by atoms with Crippen molar-refractivity contribution in [1.82, 2.24) is 10.3 Å². The van der Waals surface area contributed by atoms with Crippen LogP contribution in [0, 0.1) is 0 Å². The Morgan fingerprint density at radius 2 is 2.43 bits per heavy atom. The maximum atomic E-state index is 12.3. The van der Waals surface area contributed by atoms with Crippen LogP contribution in [0.2, 0.25) is 0 Å². The normalized spacial score (nSPS) is 17.6. The summed E-state index contributed by atoms with van der Waals surface area (Å²) in [5.74, 6) is -0.0691. The van der Waals surface area contributed by atoms with Gasteiger partial charge in [-0.2, -0.15) is 0 Å². The minimum atomic E-state index is -0.0691. The lowest BCUT2D eigenvalue weighted by molar-refractivity contribution is 0.0166. The van der Waals surface area contributed by atoms with Gasteiger partial charge in [0.15, 0.2) is 0 Å². The fraction of sp³-hybridized carbons (Fsp3) is 0.647. The predicted octanol–water partition coefficient (Wildman–Crippen LogP) is 2.90. The Kier molecular flexibility index (Phi) is 7.85. The highest BCUT2D eigenvalue weighted by molar-refractivity contribution is 7.99. The van der Waals surface area contributed by atoms with E-state index in [0.29, 0.717) is 30.6 Å². The molecule has 0 spiro atoms. The average molecular weight is 338 g/mol. The number of nitrogens with one attached hydrogen (secondary N) is 1. The van der Waals surface area contributed by atoms with E-state index >= 15 is 0 Å². The van der Waals surface area contributed by atoms with Crippen LogP contribution in [0.1, 0.15) is 43.5 Å². The number of nitrogens with zero attached hydrogens (tertiary/aromatic N) is 1. The van der Waals surface area contributed by atoms with Crippen LogP contribution in [0.5, 0.6) is 0 Å². The molecule has 6 heteroatoms. The molecular weight excluding hydrogens is 312 g/mol. The largest absolute Gasteiger partial charge is 0.379 e. The maximum absolute atomic E-state index is 12.3. The first-order valence-electron chi connectivity index (χ1n) is 8.26. The second-order valence-corrected chi connectivity index (χ2v) is 7.41. The lowest BCUT2D eigenvalue weighted by Crippen LogP contribution is -2.26. The second kappa shape index (κ2) is 9.90. The number of rotatable bonds is 9. The summed E-state index contributed by atoms with van der Waals surface area (Å²) < 4.78 is 11.1. The molecule has 1 aliphatic heterocycles. The molecule has 2 rings (SSSR count). The molecule has 1 saturated heterocycles. The summed E-state index contributed by atoms with van der Waals surface area (Å²) in [6, 6.07) is 3.62. The highest BCUT2D eigenvalue weighted by atomic mass is 32.2. The molecule has 1 atom stereocenters. The molecule has 5 nitrogen and oxygen atoms in total. The summed E-state index contributed by atoms with van der Waals surface area (Å²) in [5, 5.41) is 4.12. The first-order chi connectivity index (χ1) is 11.2. The molecule has 0 radical (unpaired) electrons. The van der Waals surface area contributed by atoms with Crippen LogP contribution in [0.4, 0.5) is 0 Å². The van der Waals surface area contributed by atoms with Crippen molar-refractivity contribution >= 4 is 17.7 Å². The Morgan fingerprint density at radius 1 is 1.57 bits per heavy atom. The van der Waals surface area contributed by atoms with E-state index in [2.05, 4.69) is 24.1 Å². The summed E-state index contributed by atoms with van der Waals surface area (Å²) in [6.45, 7) is 6.93. The number of hydrogen-bond acceptors (Lipinski definition) is 5. The van der Waals surface area contributed by atoms with Crippen molar-refractivity contribution in [2.24, 2.45) is 0 Å². The van der Waals surface area contributed by atoms with Crippen molar-refractivity contribution in [3.05, 3.63) is 23.9 Å². The summed E-state index contributed by atoms with van der Waals surface area (Å²) in [7, 11) is 0. The topological polar surface area (TPSA) is 60.5 Å². The van der Waals surface area contributed by atoms with Gasteiger partial charge in [-0.3, -0.25) is 4.79 Å². The van der Waals surface area contributed by atoms with Gasteiger partial charge in [-0.05, 0) is 31.4 Å². The van der Waals surface area contributed by atoms with Crippen molar-refractivity contribution in [3.63, 3.8) is 0 Å². The van der Waals surface area contributed by atoms with Gasteiger partial charge in [0.05, 0.1) is 18.3 Å². The molecule has 1 aromatic heterocycles. The van der Waals surface area contributed by atoms with Gasteiger partial charge in [0.2, 0.25) is 0 Å². The number of aromatic nitrogens is 1. The van der Waals surface area contributed by atoms with E-state index in [4.69, 9.17) is 9.47 Å². The molecule has 1 amide bonds. The summed E-state index contributed by atoms with van der Waals surface area (Å²) in [5.41, 5.74) is 0.645. The van der Waals surface area contributed by atoms with Crippen molar-refractivity contribution in [1.29, 1.82) is 0 Å². The fourth-order valence-electron chi connectivity index (χ4n) is 2.34. The number of ether oxygens (including phenoxy) is 2. The number of hydrogen-bond donors (Lipinski definition) is 1. The molecule has 1 N–H and O–H groups in total. The summed E-state index contributed by atoms with van der Waals surface area (Å²) >= 11 is 1.60. The van der Waals surface area contributed by atoms with Gasteiger partial charge >= 0.3 is 0 Å². The highest BCUT2D eigenvalue weighted by Gasteiger charge is 2.15. The SMILES string of the molecule is CC(C)Sc1ncccc1C(=O)NCCCOC[C@H]1CCCO1. The zero-order chi connectivity index (χ0) is 16.5. The number of amides is 1. The maximum Gasteiger partial charge on any atom is 0.254 e. The van der Waals surface area contributed by atoms with Crippen LogP contribution in [0.15, 0.2) is 23.4 Å². The van der Waals surface area contributed by atoms with Crippen molar-refractivity contribution < 1.29 is 14.3 Å². The van der Waals surface area contributed by atoms with Gasteiger partial charge < -0.3 is 14.8 Å².